The molecule has 3 rings (SSSR count). The lowest BCUT2D eigenvalue weighted by atomic mass is 10.2. The van der Waals surface area contributed by atoms with E-state index in [-0.39, 0.29) is 35.9 Å². The average molecular weight is 479 g/mol. The molecule has 10 heteroatoms. The number of benzene rings is 3. The number of hydrogen-bond acceptors (Lipinski definition) is 6. The van der Waals surface area contributed by atoms with Gasteiger partial charge in [0.05, 0.1) is 11.0 Å². The highest BCUT2D eigenvalue weighted by molar-refractivity contribution is 7.89. The lowest BCUT2D eigenvalue weighted by Crippen LogP contribution is -2.24. The van der Waals surface area contributed by atoms with Crippen LogP contribution in [0.2, 0.25) is 0 Å². The third-order valence-corrected chi connectivity index (χ3v) is 5.95. The summed E-state index contributed by atoms with van der Waals surface area (Å²) < 4.78 is 32.1. The van der Waals surface area contributed by atoms with Crippen molar-refractivity contribution in [2.45, 2.75) is 11.3 Å². The molecule has 0 radical (unpaired) electrons. The van der Waals surface area contributed by atoms with E-state index in [0.29, 0.717) is 17.1 Å². The molecule has 0 aliphatic rings. The number of ether oxygens (including phenoxy) is 1. The summed E-state index contributed by atoms with van der Waals surface area (Å²) in [4.78, 5) is 24.6. The Bertz CT molecular complexity index is 1290. The number of nitriles is 1. The highest BCUT2D eigenvalue weighted by Crippen LogP contribution is 2.19. The number of anilines is 2. The highest BCUT2D eigenvalue weighted by Gasteiger charge is 2.15. The lowest BCUT2D eigenvalue weighted by Gasteiger charge is -2.10. The molecule has 0 spiro atoms. The van der Waals surface area contributed by atoms with Gasteiger partial charge in [-0.05, 0) is 48.5 Å². The number of carbonyl (C=O) groups is 2. The van der Waals surface area contributed by atoms with Gasteiger partial charge in [0.2, 0.25) is 10.0 Å². The molecule has 0 aliphatic carbocycles. The summed E-state index contributed by atoms with van der Waals surface area (Å²) >= 11 is 0. The third kappa shape index (κ3) is 7.16. The molecule has 0 aromatic heterocycles. The maximum Gasteiger partial charge on any atom is 0.262 e. The molecule has 0 atom stereocenters. The molecule has 0 bridgehead atoms. The topological polar surface area (TPSA) is 137 Å². The fraction of sp³-hybridized carbons (Fsp3) is 0.125. The molecule has 3 N–H and O–H groups in total. The van der Waals surface area contributed by atoms with E-state index in [1.165, 1.54) is 24.3 Å². The van der Waals surface area contributed by atoms with Crippen LogP contribution in [0, 0.1) is 11.3 Å². The summed E-state index contributed by atoms with van der Waals surface area (Å²) in [5, 5.41) is 13.9. The Morgan fingerprint density at radius 3 is 2.29 bits per heavy atom. The fourth-order valence-electron chi connectivity index (χ4n) is 2.84. The molecule has 0 unspecified atom stereocenters. The predicted octanol–water partition coefficient (Wildman–Crippen LogP) is 3.15. The molecule has 0 heterocycles. The SMILES string of the molecule is N#CCCNS(=O)(=O)c1ccc(C(=O)Nc2cccc(OCC(=O)Nc3ccccc3)c2)cc1. The molecular weight excluding hydrogens is 456 g/mol. The quantitative estimate of drug-likeness (QED) is 0.383. The van der Waals surface area contributed by atoms with E-state index in [2.05, 4.69) is 15.4 Å². The monoisotopic (exact) mass is 478 g/mol. The molecule has 0 aliphatic heterocycles. The molecule has 0 fully saturated rings. The van der Waals surface area contributed by atoms with Crippen LogP contribution in [0.1, 0.15) is 16.8 Å². The lowest BCUT2D eigenvalue weighted by molar-refractivity contribution is -0.118. The van der Waals surface area contributed by atoms with E-state index in [4.69, 9.17) is 10.00 Å². The summed E-state index contributed by atoms with van der Waals surface area (Å²) in [5.41, 5.74) is 1.36. The van der Waals surface area contributed by atoms with Crippen molar-refractivity contribution in [3.05, 3.63) is 84.4 Å². The molecule has 34 heavy (non-hydrogen) atoms. The largest absolute Gasteiger partial charge is 0.484 e. The van der Waals surface area contributed by atoms with Gasteiger partial charge in [-0.2, -0.15) is 5.26 Å². The van der Waals surface area contributed by atoms with Crippen LogP contribution in [0.15, 0.2) is 83.8 Å². The van der Waals surface area contributed by atoms with Gasteiger partial charge >= 0.3 is 0 Å². The van der Waals surface area contributed by atoms with Crippen LogP contribution in [0.4, 0.5) is 11.4 Å². The first-order valence-electron chi connectivity index (χ1n) is 10.2. The van der Waals surface area contributed by atoms with E-state index in [0.717, 1.165) is 0 Å². The molecule has 9 nitrogen and oxygen atoms in total. The second-order valence-electron chi connectivity index (χ2n) is 7.02. The number of carbonyl (C=O) groups excluding carboxylic acids is 2. The van der Waals surface area contributed by atoms with Gasteiger partial charge in [0.1, 0.15) is 5.75 Å². The summed E-state index contributed by atoms with van der Waals surface area (Å²) in [6, 6.07) is 22.8. The van der Waals surface area contributed by atoms with Crippen LogP contribution < -0.4 is 20.1 Å². The van der Waals surface area contributed by atoms with Crippen molar-refractivity contribution in [2.75, 3.05) is 23.8 Å². The van der Waals surface area contributed by atoms with Crippen LogP contribution in [0.5, 0.6) is 5.75 Å². The van der Waals surface area contributed by atoms with Crippen LogP contribution in [0.3, 0.4) is 0 Å². The first-order chi connectivity index (χ1) is 16.4. The van der Waals surface area contributed by atoms with Gasteiger partial charge < -0.3 is 15.4 Å². The van der Waals surface area contributed by atoms with Gasteiger partial charge in [0, 0.05) is 36.0 Å². The summed E-state index contributed by atoms with van der Waals surface area (Å²) in [6.07, 6.45) is 0.0558. The van der Waals surface area contributed by atoms with Crippen molar-refractivity contribution < 1.29 is 22.7 Å². The minimum atomic E-state index is -3.75. The molecule has 0 saturated heterocycles. The number of nitrogens with zero attached hydrogens (tertiary/aromatic N) is 1. The normalized spacial score (nSPS) is 10.7. The maximum atomic E-state index is 12.5. The number of rotatable bonds is 10. The summed E-state index contributed by atoms with van der Waals surface area (Å²) in [5.74, 6) is -0.371. The summed E-state index contributed by atoms with van der Waals surface area (Å²) in [7, 11) is -3.75. The Morgan fingerprint density at radius 2 is 1.59 bits per heavy atom. The molecule has 3 aromatic rings. The Labute approximate surface area is 197 Å². The van der Waals surface area contributed by atoms with Gasteiger partial charge in [-0.25, -0.2) is 13.1 Å². The van der Waals surface area contributed by atoms with E-state index >= 15 is 0 Å². The Balaban J connectivity index is 1.56. The van der Waals surface area contributed by atoms with Crippen LogP contribution in [-0.2, 0) is 14.8 Å². The van der Waals surface area contributed by atoms with Gasteiger partial charge in [-0.1, -0.05) is 24.3 Å². The molecule has 174 valence electrons. The minimum Gasteiger partial charge on any atom is -0.484 e. The molecular formula is C24H22N4O5S. The van der Waals surface area contributed by atoms with Gasteiger partial charge in [0.15, 0.2) is 6.61 Å². The van der Waals surface area contributed by atoms with Crippen molar-refractivity contribution in [3.63, 3.8) is 0 Å². The van der Waals surface area contributed by atoms with Crippen LogP contribution in [0.25, 0.3) is 0 Å². The van der Waals surface area contributed by atoms with E-state index in [9.17, 15) is 18.0 Å². The first-order valence-corrected chi connectivity index (χ1v) is 11.7. The zero-order valence-electron chi connectivity index (χ0n) is 18.0. The van der Waals surface area contributed by atoms with Crippen LogP contribution in [-0.4, -0.2) is 33.4 Å². The van der Waals surface area contributed by atoms with Crippen molar-refractivity contribution in [2.24, 2.45) is 0 Å². The number of sulfonamides is 1. The van der Waals surface area contributed by atoms with Gasteiger partial charge in [-0.15, -0.1) is 0 Å². The fourth-order valence-corrected chi connectivity index (χ4v) is 3.88. The van der Waals surface area contributed by atoms with E-state index in [1.807, 2.05) is 24.3 Å². The second kappa shape index (κ2) is 11.6. The van der Waals surface area contributed by atoms with Crippen molar-refractivity contribution in [3.8, 4) is 11.8 Å². The Morgan fingerprint density at radius 1 is 0.882 bits per heavy atom. The van der Waals surface area contributed by atoms with E-state index in [1.54, 1.807) is 36.4 Å². The maximum absolute atomic E-state index is 12.5. The van der Waals surface area contributed by atoms with Gasteiger partial charge in [-0.3, -0.25) is 9.59 Å². The minimum absolute atomic E-state index is 0.00734. The Kier molecular flexibility index (Phi) is 8.34. The number of hydrogen-bond donors (Lipinski definition) is 3. The standard InChI is InChI=1S/C24H22N4O5S/c25-14-5-15-26-34(31,32)22-12-10-18(11-13-22)24(30)28-20-8-4-9-21(16-20)33-17-23(29)27-19-6-2-1-3-7-19/h1-4,6-13,16,26H,5,15,17H2,(H,27,29)(H,28,30). The van der Waals surface area contributed by atoms with Crippen LogP contribution >= 0.6 is 0 Å². The zero-order valence-corrected chi connectivity index (χ0v) is 18.8. The third-order valence-electron chi connectivity index (χ3n) is 4.48. The molecule has 0 saturated carbocycles. The molecule has 2 amide bonds. The van der Waals surface area contributed by atoms with Crippen molar-refractivity contribution in [1.82, 2.24) is 4.72 Å². The number of amides is 2. The van der Waals surface area contributed by atoms with Gasteiger partial charge in [0.25, 0.3) is 11.8 Å². The average Bonchev–Trinajstić information content (AvgIpc) is 2.84. The second-order valence-corrected chi connectivity index (χ2v) is 8.78. The zero-order chi connectivity index (χ0) is 24.4. The first kappa shape index (κ1) is 24.4. The Hall–Kier alpha value is -4.20. The summed E-state index contributed by atoms with van der Waals surface area (Å²) in [6.45, 7) is -0.196. The smallest absolute Gasteiger partial charge is 0.262 e. The number of nitrogens with one attached hydrogen (secondary N) is 3. The highest BCUT2D eigenvalue weighted by atomic mass is 32.2. The number of para-hydroxylation sites is 1. The predicted molar refractivity (Wildman–Crippen MR) is 127 cm³/mol. The van der Waals surface area contributed by atoms with Crippen molar-refractivity contribution >= 4 is 33.2 Å². The molecule has 3 aromatic carbocycles. The van der Waals surface area contributed by atoms with E-state index < -0.39 is 15.9 Å². The van der Waals surface area contributed by atoms with Crippen molar-refractivity contribution in [1.29, 1.82) is 5.26 Å².